The molecule has 12 heavy (non-hydrogen) atoms. The number of aliphatic hydroxyl groups excluding tert-OH is 1. The summed E-state index contributed by atoms with van der Waals surface area (Å²) in [6.45, 7) is 1.93. The Morgan fingerprint density at radius 1 is 1.17 bits per heavy atom. The van der Waals surface area contributed by atoms with E-state index in [1.807, 2.05) is 0 Å². The third-order valence-electron chi connectivity index (χ3n) is 3.57. The Kier molecular flexibility index (Phi) is 2.37. The topological polar surface area (TPSA) is 29.5 Å². The average molecular weight is 170 g/mol. The predicted octanol–water partition coefficient (Wildman–Crippen LogP) is 1.58. The third kappa shape index (κ3) is 1.27. The van der Waals surface area contributed by atoms with Crippen LogP contribution in [0.2, 0.25) is 0 Å². The van der Waals surface area contributed by atoms with Gasteiger partial charge in [-0.05, 0) is 18.8 Å². The number of ether oxygens (including phenoxy) is 1. The van der Waals surface area contributed by atoms with Crippen LogP contribution in [0.15, 0.2) is 0 Å². The van der Waals surface area contributed by atoms with Gasteiger partial charge in [0.2, 0.25) is 0 Å². The van der Waals surface area contributed by atoms with Crippen molar-refractivity contribution in [1.82, 2.24) is 0 Å². The van der Waals surface area contributed by atoms with Gasteiger partial charge >= 0.3 is 0 Å². The van der Waals surface area contributed by atoms with E-state index in [4.69, 9.17) is 4.74 Å². The largest absolute Gasteiger partial charge is 0.396 e. The molecular weight excluding hydrogens is 152 g/mol. The molecule has 0 spiro atoms. The van der Waals surface area contributed by atoms with Gasteiger partial charge in [0.25, 0.3) is 0 Å². The molecule has 0 aromatic heterocycles. The first-order valence-electron chi connectivity index (χ1n) is 5.06. The molecule has 0 bridgehead atoms. The molecule has 1 N–H and O–H groups in total. The van der Waals surface area contributed by atoms with E-state index in [-0.39, 0.29) is 5.41 Å². The van der Waals surface area contributed by atoms with Crippen molar-refractivity contribution < 1.29 is 9.84 Å². The maximum absolute atomic E-state index is 9.31. The molecule has 0 unspecified atom stereocenters. The molecule has 2 heteroatoms. The van der Waals surface area contributed by atoms with E-state index in [0.29, 0.717) is 6.61 Å². The highest BCUT2D eigenvalue weighted by molar-refractivity contribution is 4.92. The second-order valence-electron chi connectivity index (χ2n) is 4.35. The highest BCUT2D eigenvalue weighted by Gasteiger charge is 2.44. The van der Waals surface area contributed by atoms with Gasteiger partial charge in [0.15, 0.2) is 0 Å². The molecule has 1 saturated carbocycles. The molecule has 1 aliphatic heterocycles. The molecule has 1 heterocycles. The fourth-order valence-corrected chi connectivity index (χ4v) is 2.54. The smallest absolute Gasteiger partial charge is 0.0569 e. The van der Waals surface area contributed by atoms with Crippen LogP contribution in [0.4, 0.5) is 0 Å². The Morgan fingerprint density at radius 3 is 2.25 bits per heavy atom. The van der Waals surface area contributed by atoms with E-state index < -0.39 is 0 Å². The van der Waals surface area contributed by atoms with E-state index in [2.05, 4.69) is 0 Å². The maximum Gasteiger partial charge on any atom is 0.0569 e. The van der Waals surface area contributed by atoms with Crippen molar-refractivity contribution in [2.24, 2.45) is 11.3 Å². The molecular formula is C10H18O2. The van der Waals surface area contributed by atoms with Gasteiger partial charge in [0.1, 0.15) is 0 Å². The summed E-state index contributed by atoms with van der Waals surface area (Å²) in [5.74, 6) is 0.741. The van der Waals surface area contributed by atoms with Crippen molar-refractivity contribution in [2.45, 2.75) is 32.1 Å². The summed E-state index contributed by atoms with van der Waals surface area (Å²) in [6.07, 6.45) is 6.71. The summed E-state index contributed by atoms with van der Waals surface area (Å²) in [7, 11) is 0. The number of aliphatic hydroxyl groups is 1. The number of hydrogen-bond donors (Lipinski definition) is 1. The van der Waals surface area contributed by atoms with E-state index in [9.17, 15) is 5.11 Å². The molecule has 0 amide bonds. The summed E-state index contributed by atoms with van der Waals surface area (Å²) in [4.78, 5) is 0. The van der Waals surface area contributed by atoms with Crippen molar-refractivity contribution >= 4 is 0 Å². The van der Waals surface area contributed by atoms with Crippen LogP contribution in [-0.4, -0.2) is 24.9 Å². The SMILES string of the molecule is OCC1(C2CCCCC2)COC1. The lowest BCUT2D eigenvalue weighted by Gasteiger charge is -2.47. The van der Waals surface area contributed by atoms with E-state index in [1.54, 1.807) is 0 Å². The van der Waals surface area contributed by atoms with Crippen LogP contribution < -0.4 is 0 Å². The van der Waals surface area contributed by atoms with Crippen LogP contribution in [0, 0.1) is 11.3 Å². The van der Waals surface area contributed by atoms with E-state index in [0.717, 1.165) is 19.1 Å². The van der Waals surface area contributed by atoms with Crippen molar-refractivity contribution in [3.63, 3.8) is 0 Å². The summed E-state index contributed by atoms with van der Waals surface area (Å²) >= 11 is 0. The lowest BCUT2D eigenvalue weighted by atomic mass is 9.68. The fraction of sp³-hybridized carbons (Fsp3) is 1.00. The zero-order valence-corrected chi connectivity index (χ0v) is 7.59. The predicted molar refractivity (Wildman–Crippen MR) is 46.9 cm³/mol. The number of hydrogen-bond acceptors (Lipinski definition) is 2. The second kappa shape index (κ2) is 3.35. The van der Waals surface area contributed by atoms with Crippen LogP contribution in [0.25, 0.3) is 0 Å². The number of rotatable bonds is 2. The molecule has 2 fully saturated rings. The Bertz CT molecular complexity index is 140. The molecule has 1 aliphatic carbocycles. The molecule has 0 atom stereocenters. The van der Waals surface area contributed by atoms with Crippen molar-refractivity contribution in [2.75, 3.05) is 19.8 Å². The van der Waals surface area contributed by atoms with Crippen LogP contribution >= 0.6 is 0 Å². The monoisotopic (exact) mass is 170 g/mol. The zero-order valence-electron chi connectivity index (χ0n) is 7.59. The first kappa shape index (κ1) is 8.52. The molecule has 0 aromatic rings. The van der Waals surface area contributed by atoms with Gasteiger partial charge in [-0.3, -0.25) is 0 Å². The first-order chi connectivity index (χ1) is 5.87. The third-order valence-corrected chi connectivity index (χ3v) is 3.57. The highest BCUT2D eigenvalue weighted by atomic mass is 16.5. The van der Waals surface area contributed by atoms with Gasteiger partial charge in [-0.15, -0.1) is 0 Å². The molecule has 2 rings (SSSR count). The Labute approximate surface area is 73.9 Å². The fourth-order valence-electron chi connectivity index (χ4n) is 2.54. The van der Waals surface area contributed by atoms with Crippen molar-refractivity contribution in [3.8, 4) is 0 Å². The molecule has 0 radical (unpaired) electrons. The summed E-state index contributed by atoms with van der Waals surface area (Å²) in [5, 5.41) is 9.31. The Morgan fingerprint density at radius 2 is 1.83 bits per heavy atom. The van der Waals surface area contributed by atoms with E-state index in [1.165, 1.54) is 32.1 Å². The van der Waals surface area contributed by atoms with Crippen molar-refractivity contribution in [1.29, 1.82) is 0 Å². The highest BCUT2D eigenvalue weighted by Crippen LogP contribution is 2.43. The summed E-state index contributed by atoms with van der Waals surface area (Å²) in [6, 6.07) is 0. The lowest BCUT2D eigenvalue weighted by molar-refractivity contribution is -0.173. The van der Waals surface area contributed by atoms with Crippen LogP contribution in [0.5, 0.6) is 0 Å². The molecule has 0 aromatic carbocycles. The second-order valence-corrected chi connectivity index (χ2v) is 4.35. The van der Waals surface area contributed by atoms with Crippen LogP contribution in [0.3, 0.4) is 0 Å². The van der Waals surface area contributed by atoms with Gasteiger partial charge < -0.3 is 9.84 Å². The average Bonchev–Trinajstić information content (AvgIpc) is 2.05. The minimum Gasteiger partial charge on any atom is -0.396 e. The van der Waals surface area contributed by atoms with Gasteiger partial charge in [0, 0.05) is 5.41 Å². The van der Waals surface area contributed by atoms with Crippen LogP contribution in [-0.2, 0) is 4.74 Å². The lowest BCUT2D eigenvalue weighted by Crippen LogP contribution is -2.51. The zero-order chi connectivity index (χ0) is 8.44. The summed E-state index contributed by atoms with van der Waals surface area (Å²) < 4.78 is 5.22. The minimum atomic E-state index is 0.167. The minimum absolute atomic E-state index is 0.167. The molecule has 70 valence electrons. The van der Waals surface area contributed by atoms with Gasteiger partial charge in [-0.1, -0.05) is 19.3 Å². The van der Waals surface area contributed by atoms with Gasteiger partial charge in [-0.25, -0.2) is 0 Å². The Balaban J connectivity index is 1.95. The van der Waals surface area contributed by atoms with Crippen molar-refractivity contribution in [3.05, 3.63) is 0 Å². The Hall–Kier alpha value is -0.0800. The quantitative estimate of drug-likeness (QED) is 0.681. The van der Waals surface area contributed by atoms with Gasteiger partial charge in [-0.2, -0.15) is 0 Å². The van der Waals surface area contributed by atoms with Gasteiger partial charge in [0.05, 0.1) is 19.8 Å². The normalized spacial score (nSPS) is 29.8. The molecule has 2 aliphatic rings. The summed E-state index contributed by atoms with van der Waals surface area (Å²) in [5.41, 5.74) is 0.167. The molecule has 2 nitrogen and oxygen atoms in total. The van der Waals surface area contributed by atoms with Crippen LogP contribution in [0.1, 0.15) is 32.1 Å². The molecule has 1 saturated heterocycles. The first-order valence-corrected chi connectivity index (χ1v) is 5.06. The standard InChI is InChI=1S/C10H18O2/c11-6-10(7-12-8-10)9-4-2-1-3-5-9/h9,11H,1-8H2. The maximum atomic E-state index is 9.31. The van der Waals surface area contributed by atoms with E-state index >= 15 is 0 Å².